The molecule has 2 rings (SSSR count). The summed E-state index contributed by atoms with van der Waals surface area (Å²) in [5, 5.41) is 10.8. The van der Waals surface area contributed by atoms with E-state index in [0.717, 1.165) is 18.1 Å². The zero-order valence-electron chi connectivity index (χ0n) is 10.5. The van der Waals surface area contributed by atoms with Crippen LogP contribution in [0.2, 0.25) is 0 Å². The lowest BCUT2D eigenvalue weighted by Crippen LogP contribution is -1.94. The maximum Gasteiger partial charge on any atom is 0.231 e. The van der Waals surface area contributed by atoms with Crippen LogP contribution in [0.25, 0.3) is 0 Å². The minimum atomic E-state index is 0.750. The Balaban J connectivity index is 0.000000414. The molecule has 2 N–H and O–H groups in total. The summed E-state index contributed by atoms with van der Waals surface area (Å²) in [4.78, 5) is 16.7. The molecule has 1 fully saturated rings. The van der Waals surface area contributed by atoms with Crippen molar-refractivity contribution in [3.05, 3.63) is 35.4 Å². The molecule has 4 nitrogen and oxygen atoms in total. The predicted molar refractivity (Wildman–Crippen MR) is 69.2 cm³/mol. The number of nitrogens with one attached hydrogen (secondary N) is 2. The third kappa shape index (κ3) is 5.90. The normalized spacial score (nSPS) is 13.2. The lowest BCUT2D eigenvalue weighted by Gasteiger charge is -2.11. The van der Waals surface area contributed by atoms with Gasteiger partial charge >= 0.3 is 0 Å². The monoisotopic (exact) mass is 246 g/mol. The fraction of sp³-hybridized carbons (Fsp3) is 0.429. The molecule has 1 aromatic carbocycles. The molecule has 0 unspecified atom stereocenters. The van der Waals surface area contributed by atoms with Crippen LogP contribution in [0.5, 0.6) is 0 Å². The Labute approximate surface area is 107 Å². The van der Waals surface area contributed by atoms with E-state index >= 15 is 0 Å². The second-order valence-electron chi connectivity index (χ2n) is 4.04. The molecule has 0 heterocycles. The molecular formula is C14H18N2O2. The number of rotatable bonds is 1. The quantitative estimate of drug-likeness (QED) is 0.587. The number of aryl methyl sites for hydroxylation is 1. The molecule has 96 valence electrons. The molecule has 0 amide bonds. The molecule has 18 heavy (non-hydrogen) atoms. The number of hydrogen-bond acceptors (Lipinski definition) is 4. The van der Waals surface area contributed by atoms with Gasteiger partial charge in [-0.1, -0.05) is 37.1 Å². The molecule has 0 aromatic heterocycles. The summed E-state index contributed by atoms with van der Waals surface area (Å²) >= 11 is 0. The molecule has 1 saturated carbocycles. The highest BCUT2D eigenvalue weighted by Gasteiger charge is 2.17. The second kappa shape index (κ2) is 10.2. The molecule has 1 aliphatic rings. The van der Waals surface area contributed by atoms with E-state index in [-0.39, 0.29) is 0 Å². The molecular weight excluding hydrogens is 228 g/mol. The summed E-state index contributed by atoms with van der Waals surface area (Å²) in [7, 11) is 0. The van der Waals surface area contributed by atoms with Gasteiger partial charge in [-0.25, -0.2) is 20.4 Å². The average Bonchev–Trinajstić information content (AvgIpc) is 2.85. The van der Waals surface area contributed by atoms with Gasteiger partial charge in [-0.15, -0.1) is 0 Å². The summed E-state index contributed by atoms with van der Waals surface area (Å²) in [6.45, 7) is 2.23. The van der Waals surface area contributed by atoms with Gasteiger partial charge in [-0.05, 0) is 36.8 Å². The van der Waals surface area contributed by atoms with E-state index in [1.165, 1.54) is 31.2 Å². The van der Waals surface area contributed by atoms with Crippen molar-refractivity contribution < 1.29 is 9.59 Å². The highest BCUT2D eigenvalue weighted by molar-refractivity contribution is 5.29. The Hall–Kier alpha value is -2.02. The Morgan fingerprint density at radius 2 is 1.50 bits per heavy atom. The van der Waals surface area contributed by atoms with Crippen molar-refractivity contribution in [1.29, 1.82) is 10.8 Å². The maximum atomic E-state index is 8.35. The third-order valence-electron chi connectivity index (χ3n) is 2.98. The van der Waals surface area contributed by atoms with E-state index in [4.69, 9.17) is 20.4 Å². The van der Waals surface area contributed by atoms with Crippen LogP contribution >= 0.6 is 0 Å². The van der Waals surface area contributed by atoms with Gasteiger partial charge in [0, 0.05) is 0 Å². The van der Waals surface area contributed by atoms with Gasteiger partial charge in [0.1, 0.15) is 0 Å². The van der Waals surface area contributed by atoms with Gasteiger partial charge in [0.05, 0.1) is 0 Å². The van der Waals surface area contributed by atoms with Gasteiger partial charge in [0.25, 0.3) is 0 Å². The van der Waals surface area contributed by atoms with Gasteiger partial charge in [-0.3, -0.25) is 0 Å². The predicted octanol–water partition coefficient (Wildman–Crippen LogP) is 3.45. The van der Waals surface area contributed by atoms with Crippen LogP contribution in [0.3, 0.4) is 0 Å². The highest BCUT2D eigenvalue weighted by atomic mass is 16.1. The van der Waals surface area contributed by atoms with Gasteiger partial charge < -0.3 is 0 Å². The molecule has 1 aliphatic carbocycles. The summed E-state index contributed by atoms with van der Waals surface area (Å²) in [6, 6.07) is 8.83. The summed E-state index contributed by atoms with van der Waals surface area (Å²) in [6.07, 6.45) is 7.17. The van der Waals surface area contributed by atoms with Gasteiger partial charge in [0.15, 0.2) is 0 Å². The Morgan fingerprint density at radius 3 is 1.94 bits per heavy atom. The van der Waals surface area contributed by atoms with Gasteiger partial charge in [-0.2, -0.15) is 0 Å². The minimum absolute atomic E-state index is 0.750. The topological polar surface area (TPSA) is 81.8 Å². The van der Waals surface area contributed by atoms with E-state index in [1.807, 2.05) is 0 Å². The molecule has 0 atom stereocenters. The van der Waals surface area contributed by atoms with Crippen LogP contribution in [0.4, 0.5) is 0 Å². The van der Waals surface area contributed by atoms with Crippen LogP contribution in [-0.2, 0) is 9.59 Å². The van der Waals surface area contributed by atoms with Crippen molar-refractivity contribution >= 4 is 12.2 Å². The maximum absolute atomic E-state index is 8.35. The summed E-state index contributed by atoms with van der Waals surface area (Å²) in [5.41, 5.74) is 3.07. The third-order valence-corrected chi connectivity index (χ3v) is 2.98. The first-order valence-corrected chi connectivity index (χ1v) is 5.84. The zero-order valence-corrected chi connectivity index (χ0v) is 10.5. The van der Waals surface area contributed by atoms with Crippen LogP contribution in [0.15, 0.2) is 24.3 Å². The smallest absolute Gasteiger partial charge is 0.222 e. The van der Waals surface area contributed by atoms with Crippen molar-refractivity contribution in [2.45, 2.75) is 38.5 Å². The number of hydrogen-bond donors (Lipinski definition) is 2. The molecule has 0 aliphatic heterocycles. The van der Waals surface area contributed by atoms with Crippen molar-refractivity contribution in [3.63, 3.8) is 0 Å². The lowest BCUT2D eigenvalue weighted by atomic mass is 9.94. The first-order chi connectivity index (χ1) is 8.71. The van der Waals surface area contributed by atoms with E-state index in [9.17, 15) is 0 Å². The van der Waals surface area contributed by atoms with Crippen molar-refractivity contribution in [2.75, 3.05) is 0 Å². The number of carbonyl (C=O) groups excluding carboxylic acids is 2. The minimum Gasteiger partial charge on any atom is -0.222 e. The second-order valence-corrected chi connectivity index (χ2v) is 4.04. The van der Waals surface area contributed by atoms with Crippen LogP contribution < -0.4 is 0 Å². The molecule has 0 radical (unpaired) electrons. The van der Waals surface area contributed by atoms with E-state index in [2.05, 4.69) is 31.2 Å². The zero-order chi connectivity index (χ0) is 13.8. The Morgan fingerprint density at radius 1 is 1.06 bits per heavy atom. The average molecular weight is 246 g/mol. The largest absolute Gasteiger partial charge is 0.231 e. The molecule has 0 spiro atoms. The van der Waals surface area contributed by atoms with E-state index in [1.54, 1.807) is 5.56 Å². The fourth-order valence-corrected chi connectivity index (χ4v) is 2.28. The first-order valence-electron chi connectivity index (χ1n) is 5.84. The molecule has 1 aromatic rings. The first kappa shape index (κ1) is 16.0. The van der Waals surface area contributed by atoms with Crippen molar-refractivity contribution in [2.24, 2.45) is 0 Å². The molecule has 0 saturated heterocycles. The highest BCUT2D eigenvalue weighted by Crippen LogP contribution is 2.35. The molecule has 0 bridgehead atoms. The molecule has 4 heteroatoms. The van der Waals surface area contributed by atoms with Crippen LogP contribution in [-0.4, -0.2) is 12.2 Å². The summed E-state index contributed by atoms with van der Waals surface area (Å²) < 4.78 is 0. The van der Waals surface area contributed by atoms with E-state index in [0.29, 0.717) is 0 Å². The standard InChI is InChI=1S/C12H16.2CHNO/c1-10-6-2-5-9-12(10)11-7-3-4-8-11;2*2-1-3/h2,5-6,9,11H,3-4,7-8H2,1H3;2*2H. The van der Waals surface area contributed by atoms with Gasteiger partial charge in [0.2, 0.25) is 12.2 Å². The van der Waals surface area contributed by atoms with E-state index < -0.39 is 0 Å². The summed E-state index contributed by atoms with van der Waals surface area (Å²) in [5.74, 6) is 0.867. The lowest BCUT2D eigenvalue weighted by molar-refractivity contribution is 0.562. The van der Waals surface area contributed by atoms with Crippen LogP contribution in [0.1, 0.15) is 42.7 Å². The van der Waals surface area contributed by atoms with Crippen molar-refractivity contribution in [3.8, 4) is 0 Å². The Bertz CT molecular complexity index is 400. The SMILES string of the molecule is Cc1ccccc1C1CCCC1.N=C=O.N=C=O. The van der Waals surface area contributed by atoms with Crippen LogP contribution in [0, 0.1) is 17.7 Å². The Kier molecular flexibility index (Phi) is 9.01. The van der Waals surface area contributed by atoms with Crippen molar-refractivity contribution in [1.82, 2.24) is 0 Å². The fourth-order valence-electron chi connectivity index (χ4n) is 2.28. The number of isocyanates is 2. The number of benzene rings is 1.